The highest BCUT2D eigenvalue weighted by molar-refractivity contribution is 5.75. The predicted molar refractivity (Wildman–Crippen MR) is 74.6 cm³/mol. The van der Waals surface area contributed by atoms with E-state index < -0.39 is 11.4 Å². The second-order valence-corrected chi connectivity index (χ2v) is 5.57. The Morgan fingerprint density at radius 2 is 2.15 bits per heavy atom. The first-order chi connectivity index (χ1) is 9.47. The average Bonchev–Trinajstić information content (AvgIpc) is 2.42. The van der Waals surface area contributed by atoms with Crippen molar-refractivity contribution in [2.45, 2.75) is 32.7 Å². The maximum atomic E-state index is 11.5. The number of piperidine rings is 1. The highest BCUT2D eigenvalue weighted by atomic mass is 16.4. The largest absolute Gasteiger partial charge is 0.508 e. The molecule has 0 bridgehead atoms. The van der Waals surface area contributed by atoms with Crippen LogP contribution >= 0.6 is 0 Å². The first-order valence-electron chi connectivity index (χ1n) is 6.93. The monoisotopic (exact) mass is 279 g/mol. The van der Waals surface area contributed by atoms with Crippen molar-refractivity contribution < 1.29 is 20.1 Å². The van der Waals surface area contributed by atoms with Crippen molar-refractivity contribution in [1.29, 1.82) is 0 Å². The van der Waals surface area contributed by atoms with Crippen LogP contribution in [0.3, 0.4) is 0 Å². The summed E-state index contributed by atoms with van der Waals surface area (Å²) >= 11 is 0. The van der Waals surface area contributed by atoms with Gasteiger partial charge in [0.1, 0.15) is 11.5 Å². The molecule has 1 atom stereocenters. The molecule has 1 aromatic rings. The second-order valence-electron chi connectivity index (χ2n) is 5.57. The molecule has 1 unspecified atom stereocenters. The fourth-order valence-corrected chi connectivity index (χ4v) is 2.90. The Morgan fingerprint density at radius 3 is 2.75 bits per heavy atom. The third kappa shape index (κ3) is 2.88. The van der Waals surface area contributed by atoms with Crippen LogP contribution in [0, 0.1) is 5.41 Å². The molecule has 1 aliphatic rings. The van der Waals surface area contributed by atoms with Crippen LogP contribution in [0.4, 0.5) is 0 Å². The minimum absolute atomic E-state index is 0.0262. The molecule has 20 heavy (non-hydrogen) atoms. The van der Waals surface area contributed by atoms with Crippen molar-refractivity contribution in [2.24, 2.45) is 5.41 Å². The van der Waals surface area contributed by atoms with Crippen molar-refractivity contribution in [1.82, 2.24) is 4.90 Å². The lowest BCUT2D eigenvalue weighted by atomic mass is 9.77. The zero-order valence-electron chi connectivity index (χ0n) is 11.7. The van der Waals surface area contributed by atoms with Crippen molar-refractivity contribution in [2.75, 3.05) is 13.1 Å². The van der Waals surface area contributed by atoms with Crippen molar-refractivity contribution >= 4 is 5.97 Å². The lowest BCUT2D eigenvalue weighted by molar-refractivity contribution is -0.153. The van der Waals surface area contributed by atoms with E-state index in [0.29, 0.717) is 31.5 Å². The minimum atomic E-state index is -0.736. The quantitative estimate of drug-likeness (QED) is 0.787. The summed E-state index contributed by atoms with van der Waals surface area (Å²) in [6.45, 7) is 3.74. The first-order valence-corrected chi connectivity index (χ1v) is 6.93. The summed E-state index contributed by atoms with van der Waals surface area (Å²) in [5, 5.41) is 28.6. The van der Waals surface area contributed by atoms with Gasteiger partial charge in [-0.15, -0.1) is 0 Å². The smallest absolute Gasteiger partial charge is 0.310 e. The van der Waals surface area contributed by atoms with E-state index in [1.807, 2.05) is 6.92 Å². The summed E-state index contributed by atoms with van der Waals surface area (Å²) in [6, 6.07) is 4.51. The Bertz CT molecular complexity index is 503. The molecule has 110 valence electrons. The van der Waals surface area contributed by atoms with Gasteiger partial charge in [0, 0.05) is 24.7 Å². The molecular weight excluding hydrogens is 258 g/mol. The van der Waals surface area contributed by atoms with Crippen LogP contribution in [-0.4, -0.2) is 39.3 Å². The number of carboxylic acids is 1. The van der Waals surface area contributed by atoms with Gasteiger partial charge in [-0.3, -0.25) is 9.69 Å². The van der Waals surface area contributed by atoms with E-state index in [0.717, 1.165) is 13.0 Å². The molecule has 5 nitrogen and oxygen atoms in total. The molecule has 0 amide bonds. The Kier molecular flexibility index (Phi) is 4.18. The van der Waals surface area contributed by atoms with E-state index in [1.165, 1.54) is 12.1 Å². The molecule has 1 heterocycles. The molecule has 0 radical (unpaired) electrons. The second kappa shape index (κ2) is 5.71. The summed E-state index contributed by atoms with van der Waals surface area (Å²) < 4.78 is 0. The maximum Gasteiger partial charge on any atom is 0.310 e. The molecule has 2 rings (SSSR count). The Labute approximate surface area is 118 Å². The van der Waals surface area contributed by atoms with Crippen LogP contribution in [-0.2, 0) is 11.3 Å². The zero-order chi connectivity index (χ0) is 14.8. The molecule has 1 aliphatic heterocycles. The highest BCUT2D eigenvalue weighted by Gasteiger charge is 2.40. The van der Waals surface area contributed by atoms with Crippen LogP contribution in [0.1, 0.15) is 31.7 Å². The van der Waals surface area contributed by atoms with Crippen LogP contribution in [0.25, 0.3) is 0 Å². The van der Waals surface area contributed by atoms with Crippen molar-refractivity contribution in [3.8, 4) is 11.5 Å². The number of likely N-dealkylation sites (tertiary alicyclic amines) is 1. The van der Waals surface area contributed by atoms with Crippen LogP contribution in [0.2, 0.25) is 0 Å². The van der Waals surface area contributed by atoms with Gasteiger partial charge in [0.15, 0.2) is 0 Å². The third-order valence-corrected chi connectivity index (χ3v) is 4.25. The van der Waals surface area contributed by atoms with Crippen LogP contribution in [0.15, 0.2) is 18.2 Å². The summed E-state index contributed by atoms with van der Waals surface area (Å²) in [6.07, 6.45) is 2.16. The molecule has 1 aromatic carbocycles. The summed E-state index contributed by atoms with van der Waals surface area (Å²) in [7, 11) is 0. The number of phenolic OH excluding ortho intramolecular Hbond substituents is 2. The number of carbonyl (C=O) groups is 1. The Morgan fingerprint density at radius 1 is 1.40 bits per heavy atom. The lowest BCUT2D eigenvalue weighted by Crippen LogP contribution is -2.47. The van der Waals surface area contributed by atoms with Gasteiger partial charge in [0.05, 0.1) is 5.41 Å². The molecular formula is C15H21NO4. The van der Waals surface area contributed by atoms with E-state index >= 15 is 0 Å². The van der Waals surface area contributed by atoms with Gasteiger partial charge < -0.3 is 15.3 Å². The minimum Gasteiger partial charge on any atom is -0.508 e. The van der Waals surface area contributed by atoms with Crippen LogP contribution in [0.5, 0.6) is 11.5 Å². The molecule has 0 aliphatic carbocycles. The molecule has 1 saturated heterocycles. The van der Waals surface area contributed by atoms with E-state index in [1.54, 1.807) is 6.07 Å². The van der Waals surface area contributed by atoms with E-state index in [-0.39, 0.29) is 11.5 Å². The highest BCUT2D eigenvalue weighted by Crippen LogP contribution is 2.35. The number of phenols is 2. The van der Waals surface area contributed by atoms with Crippen molar-refractivity contribution in [3.63, 3.8) is 0 Å². The first kappa shape index (κ1) is 14.7. The number of aromatic hydroxyl groups is 2. The number of hydrogen-bond donors (Lipinski definition) is 3. The summed E-state index contributed by atoms with van der Waals surface area (Å²) in [5.41, 5.74) is 0.0326. The summed E-state index contributed by atoms with van der Waals surface area (Å²) in [5.74, 6) is -0.661. The van der Waals surface area contributed by atoms with E-state index in [9.17, 15) is 20.1 Å². The molecule has 0 saturated carbocycles. The summed E-state index contributed by atoms with van der Waals surface area (Å²) in [4.78, 5) is 13.6. The standard InChI is InChI=1S/C15H21NO4/c1-2-15(14(19)20)6-3-7-16(10-15)9-11-4-5-12(17)8-13(11)18/h4-5,8,17-18H,2-3,6-7,9-10H2,1H3,(H,19,20). The topological polar surface area (TPSA) is 81.0 Å². The number of aliphatic carboxylic acids is 1. The van der Waals surface area contributed by atoms with Gasteiger partial charge >= 0.3 is 5.97 Å². The van der Waals surface area contributed by atoms with Gasteiger partial charge in [-0.05, 0) is 31.9 Å². The fraction of sp³-hybridized carbons (Fsp3) is 0.533. The maximum absolute atomic E-state index is 11.5. The van der Waals surface area contributed by atoms with Gasteiger partial charge in [0.25, 0.3) is 0 Å². The van der Waals surface area contributed by atoms with Gasteiger partial charge in [0.2, 0.25) is 0 Å². The number of hydrogen-bond acceptors (Lipinski definition) is 4. The number of benzene rings is 1. The Hall–Kier alpha value is -1.75. The Balaban J connectivity index is 2.11. The fourth-order valence-electron chi connectivity index (χ4n) is 2.90. The van der Waals surface area contributed by atoms with Gasteiger partial charge in [-0.25, -0.2) is 0 Å². The zero-order valence-corrected chi connectivity index (χ0v) is 11.7. The third-order valence-electron chi connectivity index (χ3n) is 4.25. The SMILES string of the molecule is CCC1(C(=O)O)CCCN(Cc2ccc(O)cc2O)C1. The number of rotatable bonds is 4. The molecule has 0 aromatic heterocycles. The number of nitrogens with zero attached hydrogens (tertiary/aromatic N) is 1. The normalized spacial score (nSPS) is 23.6. The van der Waals surface area contributed by atoms with Crippen LogP contribution < -0.4 is 0 Å². The number of carboxylic acid groups (broad SMARTS) is 1. The van der Waals surface area contributed by atoms with Crippen molar-refractivity contribution in [3.05, 3.63) is 23.8 Å². The van der Waals surface area contributed by atoms with Gasteiger partial charge in [-0.2, -0.15) is 0 Å². The van der Waals surface area contributed by atoms with E-state index in [2.05, 4.69) is 4.90 Å². The molecule has 3 N–H and O–H groups in total. The molecule has 0 spiro atoms. The lowest BCUT2D eigenvalue weighted by Gasteiger charge is -2.39. The molecule has 1 fully saturated rings. The van der Waals surface area contributed by atoms with E-state index in [4.69, 9.17) is 0 Å². The average molecular weight is 279 g/mol. The molecule has 5 heteroatoms. The van der Waals surface area contributed by atoms with Gasteiger partial charge in [-0.1, -0.05) is 13.0 Å². The predicted octanol–water partition coefficient (Wildman–Crippen LogP) is 2.17.